The van der Waals surface area contributed by atoms with Crippen LogP contribution in [0.1, 0.15) is 71.3 Å². The highest BCUT2D eigenvalue weighted by molar-refractivity contribution is 6.09. The lowest BCUT2D eigenvalue weighted by Gasteiger charge is -2.34. The second-order valence-electron chi connectivity index (χ2n) is 8.30. The van der Waals surface area contributed by atoms with Crippen molar-refractivity contribution in [2.24, 2.45) is 0 Å². The van der Waals surface area contributed by atoms with E-state index in [4.69, 9.17) is 18.9 Å². The number of ether oxygens (including phenoxy) is 4. The van der Waals surface area contributed by atoms with Gasteiger partial charge in [0.25, 0.3) is 0 Å². The molecule has 1 atom stereocenters. The van der Waals surface area contributed by atoms with Crippen LogP contribution in [0.5, 0.6) is 5.75 Å². The minimum Gasteiger partial charge on any atom is -0.494 e. The van der Waals surface area contributed by atoms with E-state index in [2.05, 4.69) is 0 Å². The first-order valence-corrected chi connectivity index (χ1v) is 12.0. The topological polar surface area (TPSA) is 91.4 Å². The van der Waals surface area contributed by atoms with Gasteiger partial charge in [-0.3, -0.25) is 19.3 Å². The van der Waals surface area contributed by atoms with E-state index in [0.717, 1.165) is 30.5 Å². The van der Waals surface area contributed by atoms with E-state index in [1.807, 2.05) is 25.1 Å². The normalized spacial score (nSPS) is 19.2. The van der Waals surface area contributed by atoms with Crippen molar-refractivity contribution in [1.29, 1.82) is 0 Å². The van der Waals surface area contributed by atoms with Crippen molar-refractivity contribution in [2.45, 2.75) is 77.4 Å². The molecule has 33 heavy (non-hydrogen) atoms. The van der Waals surface area contributed by atoms with Crippen molar-refractivity contribution in [2.75, 3.05) is 31.3 Å². The minimum absolute atomic E-state index is 0.0695. The summed E-state index contributed by atoms with van der Waals surface area (Å²) in [6.07, 6.45) is 2.91. The third-order valence-corrected chi connectivity index (χ3v) is 6.25. The van der Waals surface area contributed by atoms with Crippen molar-refractivity contribution in [3.8, 4) is 5.75 Å². The first-order valence-electron chi connectivity index (χ1n) is 12.0. The third-order valence-electron chi connectivity index (χ3n) is 6.25. The molecule has 0 radical (unpaired) electrons. The summed E-state index contributed by atoms with van der Waals surface area (Å²) in [4.78, 5) is 40.3. The molecule has 2 aliphatic rings. The van der Waals surface area contributed by atoms with Crippen LogP contribution >= 0.6 is 0 Å². The van der Waals surface area contributed by atoms with Gasteiger partial charge in [-0.25, -0.2) is 0 Å². The molecule has 8 heteroatoms. The van der Waals surface area contributed by atoms with Gasteiger partial charge in [-0.05, 0) is 76.6 Å². The van der Waals surface area contributed by atoms with E-state index in [1.165, 1.54) is 0 Å². The Morgan fingerprint density at radius 3 is 2.24 bits per heavy atom. The van der Waals surface area contributed by atoms with Gasteiger partial charge >= 0.3 is 11.9 Å². The van der Waals surface area contributed by atoms with Crippen LogP contribution in [-0.4, -0.2) is 50.5 Å². The Morgan fingerprint density at radius 1 is 1.03 bits per heavy atom. The molecular weight excluding hydrogens is 426 g/mol. The fraction of sp³-hybridized carbons (Fsp3) is 0.640. The van der Waals surface area contributed by atoms with E-state index in [9.17, 15) is 14.4 Å². The monoisotopic (exact) mass is 461 g/mol. The number of benzene rings is 1. The Labute approximate surface area is 195 Å². The van der Waals surface area contributed by atoms with Gasteiger partial charge < -0.3 is 18.9 Å². The molecule has 1 aromatic rings. The lowest BCUT2D eigenvalue weighted by molar-refractivity contribution is -0.143. The van der Waals surface area contributed by atoms with Crippen LogP contribution in [0.2, 0.25) is 0 Å². The molecule has 0 saturated carbocycles. The van der Waals surface area contributed by atoms with Crippen LogP contribution in [0, 0.1) is 0 Å². The van der Waals surface area contributed by atoms with Gasteiger partial charge in [0.15, 0.2) is 0 Å². The van der Waals surface area contributed by atoms with Gasteiger partial charge in [0.1, 0.15) is 12.0 Å². The summed E-state index contributed by atoms with van der Waals surface area (Å²) in [5, 5.41) is 0. The summed E-state index contributed by atoms with van der Waals surface area (Å²) >= 11 is 0. The van der Waals surface area contributed by atoms with Crippen molar-refractivity contribution in [3.63, 3.8) is 0 Å². The molecule has 0 aromatic heterocycles. The molecular formula is C25H35NO7. The summed E-state index contributed by atoms with van der Waals surface area (Å²) < 4.78 is 22.0. The largest absolute Gasteiger partial charge is 0.494 e. The fourth-order valence-corrected chi connectivity index (χ4v) is 4.74. The van der Waals surface area contributed by atoms with E-state index in [0.29, 0.717) is 19.0 Å². The Kier molecular flexibility index (Phi) is 8.72. The summed E-state index contributed by atoms with van der Waals surface area (Å²) in [5.74, 6) is -0.231. The number of hydrogen-bond donors (Lipinski definition) is 0. The average molecular weight is 462 g/mol. The number of carbonyl (C=O) groups is 3. The van der Waals surface area contributed by atoms with Gasteiger partial charge in [0.2, 0.25) is 5.91 Å². The van der Waals surface area contributed by atoms with Crippen LogP contribution in [0.25, 0.3) is 0 Å². The fourth-order valence-electron chi connectivity index (χ4n) is 4.74. The zero-order chi connectivity index (χ0) is 23.8. The molecule has 0 bridgehead atoms. The average Bonchev–Trinajstić information content (AvgIpc) is 3.05. The number of esters is 2. The molecule has 1 fully saturated rings. The van der Waals surface area contributed by atoms with Gasteiger partial charge in [-0.1, -0.05) is 0 Å². The molecule has 182 valence electrons. The Bertz CT molecular complexity index is 825. The molecule has 2 heterocycles. The summed E-state index contributed by atoms with van der Waals surface area (Å²) in [6, 6.07) is 5.60. The van der Waals surface area contributed by atoms with Crippen molar-refractivity contribution < 1.29 is 33.3 Å². The number of amides is 1. The second kappa shape index (κ2) is 11.5. The van der Waals surface area contributed by atoms with Gasteiger partial charge in [0.05, 0.1) is 30.9 Å². The molecule has 1 amide bonds. The zero-order valence-corrected chi connectivity index (χ0v) is 19.9. The molecule has 1 unspecified atom stereocenters. The summed E-state index contributed by atoms with van der Waals surface area (Å²) in [7, 11) is 0. The van der Waals surface area contributed by atoms with E-state index in [-0.39, 0.29) is 63.0 Å². The number of anilines is 1. The van der Waals surface area contributed by atoms with Crippen molar-refractivity contribution >= 4 is 23.5 Å². The molecule has 1 aromatic carbocycles. The quantitative estimate of drug-likeness (QED) is 0.462. The van der Waals surface area contributed by atoms with Crippen molar-refractivity contribution in [1.82, 2.24) is 0 Å². The number of hydrogen-bond acceptors (Lipinski definition) is 7. The molecule has 3 rings (SSSR count). The second-order valence-corrected chi connectivity index (χ2v) is 8.30. The number of carbonyl (C=O) groups excluding carboxylic acids is 3. The van der Waals surface area contributed by atoms with Crippen LogP contribution in [-0.2, 0) is 34.0 Å². The molecule has 2 aliphatic heterocycles. The predicted octanol–water partition coefficient (Wildman–Crippen LogP) is 3.88. The highest BCUT2D eigenvalue weighted by Gasteiger charge is 2.53. The minimum atomic E-state index is -1.07. The molecule has 0 spiro atoms. The van der Waals surface area contributed by atoms with Crippen LogP contribution in [0.3, 0.4) is 0 Å². The smallest absolute Gasteiger partial charge is 0.305 e. The maximum Gasteiger partial charge on any atom is 0.305 e. The van der Waals surface area contributed by atoms with Gasteiger partial charge in [0, 0.05) is 19.4 Å². The number of rotatable bonds is 11. The predicted molar refractivity (Wildman–Crippen MR) is 122 cm³/mol. The maximum absolute atomic E-state index is 14.1. The zero-order valence-electron chi connectivity index (χ0n) is 19.9. The van der Waals surface area contributed by atoms with Gasteiger partial charge in [-0.2, -0.15) is 0 Å². The van der Waals surface area contributed by atoms with Crippen LogP contribution in [0.4, 0.5) is 5.69 Å². The first kappa shape index (κ1) is 25.0. The maximum atomic E-state index is 14.1. The van der Waals surface area contributed by atoms with E-state index < -0.39 is 5.41 Å². The highest BCUT2D eigenvalue weighted by atomic mass is 16.5. The first-order chi connectivity index (χ1) is 16.0. The van der Waals surface area contributed by atoms with Gasteiger partial charge in [-0.15, -0.1) is 0 Å². The lowest BCUT2D eigenvalue weighted by atomic mass is 9.74. The molecule has 8 nitrogen and oxygen atoms in total. The number of nitrogens with zero attached hydrogens (tertiary/aromatic N) is 1. The summed E-state index contributed by atoms with van der Waals surface area (Å²) in [5.41, 5.74) is 0.451. The number of fused-ring (bicyclic) bond motifs is 1. The van der Waals surface area contributed by atoms with E-state index in [1.54, 1.807) is 18.7 Å². The molecule has 0 N–H and O–H groups in total. The van der Waals surface area contributed by atoms with E-state index >= 15 is 0 Å². The molecule has 0 aliphatic carbocycles. The Morgan fingerprint density at radius 2 is 1.70 bits per heavy atom. The van der Waals surface area contributed by atoms with Crippen molar-refractivity contribution in [3.05, 3.63) is 23.8 Å². The Balaban J connectivity index is 2.03. The summed E-state index contributed by atoms with van der Waals surface area (Å²) in [6.45, 7) is 7.03. The molecule has 1 saturated heterocycles. The Hall–Kier alpha value is -2.61. The SMILES string of the molecule is CCOC(=O)CCC1(CCC(=O)OCC)C(=O)N(C2CCCCO2)c2ccc(OCC)cc21. The van der Waals surface area contributed by atoms with Crippen LogP contribution in [0.15, 0.2) is 18.2 Å². The standard InChI is InChI=1S/C25H35NO7/c1-4-30-18-10-11-20-19(17-18)25(14-12-22(27)31-5-2,15-13-23(28)32-6-3)24(29)26(20)21-9-7-8-16-33-21/h10-11,17,21H,4-9,12-16H2,1-3H3. The lowest BCUT2D eigenvalue weighted by Crippen LogP contribution is -2.47. The third kappa shape index (κ3) is 5.49. The van der Waals surface area contributed by atoms with Crippen LogP contribution < -0.4 is 9.64 Å². The highest BCUT2D eigenvalue weighted by Crippen LogP contribution is 2.50.